The first-order chi connectivity index (χ1) is 10.9. The van der Waals surface area contributed by atoms with E-state index in [0.717, 1.165) is 18.2 Å². The lowest BCUT2D eigenvalue weighted by Gasteiger charge is -2.32. The zero-order chi connectivity index (χ0) is 18.3. The predicted molar refractivity (Wildman–Crippen MR) is 66.1 cm³/mol. The Morgan fingerprint density at radius 1 is 1.04 bits per heavy atom. The monoisotopic (exact) mass is 357 g/mol. The number of carbonyl (C=O) groups is 1. The van der Waals surface area contributed by atoms with Crippen LogP contribution in [0.4, 0.5) is 26.3 Å². The quantitative estimate of drug-likeness (QED) is 0.724. The van der Waals surface area contributed by atoms with E-state index in [9.17, 15) is 36.2 Å². The summed E-state index contributed by atoms with van der Waals surface area (Å²) in [6.45, 7) is 0. The van der Waals surface area contributed by atoms with Crippen molar-refractivity contribution in [1.29, 1.82) is 0 Å². The predicted octanol–water partition coefficient (Wildman–Crippen LogP) is 2.33. The largest absolute Gasteiger partial charge is 0.479 e. The first-order valence-corrected chi connectivity index (χ1v) is 6.21. The van der Waals surface area contributed by atoms with Gasteiger partial charge in [0.05, 0.1) is 5.70 Å². The molecule has 0 amide bonds. The molecular weight excluding hydrogens is 348 g/mol. The SMILES string of the molecule is O=C(O)C1C=C(c2ccc(C(O)(C(F)(F)F)C(F)(F)F)cc2)NO1. The maximum absolute atomic E-state index is 12.7. The molecule has 1 unspecified atom stereocenters. The molecule has 5 nitrogen and oxygen atoms in total. The summed E-state index contributed by atoms with van der Waals surface area (Å²) < 4.78 is 76.5. The van der Waals surface area contributed by atoms with E-state index < -0.39 is 35.6 Å². The van der Waals surface area contributed by atoms with E-state index in [1.54, 1.807) is 0 Å². The molecule has 0 radical (unpaired) electrons. The van der Waals surface area contributed by atoms with E-state index in [1.807, 2.05) is 0 Å². The molecule has 0 spiro atoms. The minimum atomic E-state index is -5.98. The summed E-state index contributed by atoms with van der Waals surface area (Å²) in [5, 5.41) is 18.0. The molecule has 11 heteroatoms. The van der Waals surface area contributed by atoms with Crippen molar-refractivity contribution >= 4 is 11.7 Å². The second-order valence-electron chi connectivity index (χ2n) is 4.84. The number of alkyl halides is 6. The van der Waals surface area contributed by atoms with E-state index in [1.165, 1.54) is 0 Å². The number of hydrogen-bond donors (Lipinski definition) is 3. The van der Waals surface area contributed by atoms with Gasteiger partial charge in [-0.15, -0.1) is 0 Å². The Morgan fingerprint density at radius 2 is 1.54 bits per heavy atom. The molecular formula is C13H9F6NO4. The van der Waals surface area contributed by atoms with Gasteiger partial charge in [-0.2, -0.15) is 26.3 Å². The van der Waals surface area contributed by atoms with E-state index in [-0.39, 0.29) is 11.3 Å². The molecule has 1 aromatic carbocycles. The van der Waals surface area contributed by atoms with Gasteiger partial charge >= 0.3 is 18.3 Å². The van der Waals surface area contributed by atoms with Crippen LogP contribution < -0.4 is 5.48 Å². The van der Waals surface area contributed by atoms with E-state index in [4.69, 9.17) is 5.11 Å². The average Bonchev–Trinajstić information content (AvgIpc) is 2.94. The average molecular weight is 357 g/mol. The maximum Gasteiger partial charge on any atom is 0.430 e. The molecule has 1 heterocycles. The van der Waals surface area contributed by atoms with Crippen LogP contribution in [-0.2, 0) is 15.2 Å². The van der Waals surface area contributed by atoms with Crippen molar-refractivity contribution < 1.29 is 46.2 Å². The number of rotatable bonds is 3. The van der Waals surface area contributed by atoms with Crippen molar-refractivity contribution in [2.75, 3.05) is 0 Å². The van der Waals surface area contributed by atoms with Gasteiger partial charge in [-0.1, -0.05) is 24.3 Å². The molecule has 1 atom stereocenters. The molecule has 24 heavy (non-hydrogen) atoms. The number of hydrogen-bond acceptors (Lipinski definition) is 4. The van der Waals surface area contributed by atoms with E-state index in [2.05, 4.69) is 10.3 Å². The number of nitrogens with one attached hydrogen (secondary N) is 1. The number of hydroxylamine groups is 1. The van der Waals surface area contributed by atoms with Crippen molar-refractivity contribution in [3.8, 4) is 0 Å². The molecule has 1 aromatic rings. The smallest absolute Gasteiger partial charge is 0.430 e. The Balaban J connectivity index is 2.39. The van der Waals surface area contributed by atoms with Crippen LogP contribution in [0, 0.1) is 0 Å². The maximum atomic E-state index is 12.7. The van der Waals surface area contributed by atoms with E-state index >= 15 is 0 Å². The number of aliphatic carboxylic acids is 1. The van der Waals surface area contributed by atoms with Gasteiger partial charge in [-0.05, 0) is 11.6 Å². The minimum absolute atomic E-state index is 0.0523. The molecule has 132 valence electrons. The van der Waals surface area contributed by atoms with Crippen LogP contribution in [0.15, 0.2) is 30.3 Å². The summed E-state index contributed by atoms with van der Waals surface area (Å²) in [5.74, 6) is -1.34. The Labute approximate surface area is 130 Å². The second-order valence-corrected chi connectivity index (χ2v) is 4.84. The van der Waals surface area contributed by atoms with Gasteiger partial charge in [0, 0.05) is 5.56 Å². The molecule has 0 fully saturated rings. The Morgan fingerprint density at radius 3 is 1.92 bits per heavy atom. The standard InChI is InChI=1S/C13H9F6NO4/c14-12(15,16)11(23,13(17,18)19)7-3-1-6(2-4-7)8-5-9(10(21)22)24-20-8/h1-5,9,20,23H,(H,21,22). The lowest BCUT2D eigenvalue weighted by atomic mass is 9.91. The zero-order valence-corrected chi connectivity index (χ0v) is 11.4. The number of carboxylic acid groups (broad SMARTS) is 1. The van der Waals surface area contributed by atoms with Gasteiger partial charge in [0.15, 0.2) is 0 Å². The van der Waals surface area contributed by atoms with Gasteiger partial charge in [-0.25, -0.2) is 4.79 Å². The van der Waals surface area contributed by atoms with Gasteiger partial charge in [-0.3, -0.25) is 10.3 Å². The third-order valence-corrected chi connectivity index (χ3v) is 3.29. The summed E-state index contributed by atoms with van der Waals surface area (Å²) in [5.41, 5.74) is -4.11. The highest BCUT2D eigenvalue weighted by Gasteiger charge is 2.71. The summed E-state index contributed by atoms with van der Waals surface area (Å²) in [7, 11) is 0. The molecule has 2 rings (SSSR count). The van der Waals surface area contributed by atoms with Crippen LogP contribution >= 0.6 is 0 Å². The first-order valence-electron chi connectivity index (χ1n) is 6.21. The fourth-order valence-corrected chi connectivity index (χ4v) is 2.00. The fraction of sp³-hybridized carbons (Fsp3) is 0.308. The van der Waals surface area contributed by atoms with Crippen molar-refractivity contribution in [3.05, 3.63) is 41.5 Å². The number of halogens is 6. The van der Waals surface area contributed by atoms with Crippen molar-refractivity contribution in [3.63, 3.8) is 0 Å². The molecule has 0 aromatic heterocycles. The van der Waals surface area contributed by atoms with Crippen LogP contribution in [0.25, 0.3) is 5.70 Å². The molecule has 0 saturated carbocycles. The lowest BCUT2D eigenvalue weighted by Crippen LogP contribution is -2.53. The second kappa shape index (κ2) is 5.67. The third-order valence-electron chi connectivity index (χ3n) is 3.29. The Hall–Kier alpha value is -2.27. The summed E-state index contributed by atoms with van der Waals surface area (Å²) in [4.78, 5) is 15.3. The normalized spacial score (nSPS) is 19.0. The zero-order valence-electron chi connectivity index (χ0n) is 11.4. The highest BCUT2D eigenvalue weighted by Crippen LogP contribution is 2.50. The molecule has 1 aliphatic heterocycles. The van der Waals surface area contributed by atoms with E-state index in [0.29, 0.717) is 12.1 Å². The number of benzene rings is 1. The van der Waals surface area contributed by atoms with Crippen LogP contribution in [-0.4, -0.2) is 34.6 Å². The van der Waals surface area contributed by atoms with Crippen LogP contribution in [0.1, 0.15) is 11.1 Å². The van der Waals surface area contributed by atoms with Crippen molar-refractivity contribution in [2.45, 2.75) is 24.1 Å². The topological polar surface area (TPSA) is 78.8 Å². The lowest BCUT2D eigenvalue weighted by molar-refractivity contribution is -0.376. The fourth-order valence-electron chi connectivity index (χ4n) is 2.00. The Kier molecular flexibility index (Phi) is 4.27. The highest BCUT2D eigenvalue weighted by atomic mass is 19.4. The van der Waals surface area contributed by atoms with Gasteiger partial charge in [0.1, 0.15) is 0 Å². The molecule has 0 aliphatic carbocycles. The third kappa shape index (κ3) is 2.91. The summed E-state index contributed by atoms with van der Waals surface area (Å²) in [6, 6.07) is 2.63. The number of carboxylic acids is 1. The molecule has 0 bridgehead atoms. The molecule has 0 saturated heterocycles. The minimum Gasteiger partial charge on any atom is -0.479 e. The summed E-state index contributed by atoms with van der Waals surface area (Å²) >= 11 is 0. The van der Waals surface area contributed by atoms with Crippen molar-refractivity contribution in [1.82, 2.24) is 5.48 Å². The highest BCUT2D eigenvalue weighted by molar-refractivity contribution is 5.80. The molecule has 1 aliphatic rings. The van der Waals surface area contributed by atoms with Gasteiger partial charge in [0.2, 0.25) is 6.10 Å². The van der Waals surface area contributed by atoms with Gasteiger partial charge in [0.25, 0.3) is 5.60 Å². The van der Waals surface area contributed by atoms with Crippen LogP contribution in [0.2, 0.25) is 0 Å². The number of aliphatic hydroxyl groups is 1. The van der Waals surface area contributed by atoms with Crippen LogP contribution in [0.3, 0.4) is 0 Å². The van der Waals surface area contributed by atoms with Crippen LogP contribution in [0.5, 0.6) is 0 Å². The summed E-state index contributed by atoms with van der Waals surface area (Å²) in [6.07, 6.45) is -12.2. The van der Waals surface area contributed by atoms with Crippen molar-refractivity contribution in [2.24, 2.45) is 0 Å². The van der Waals surface area contributed by atoms with Gasteiger partial charge < -0.3 is 10.2 Å². The Bertz CT molecular complexity index is 651. The molecule has 3 N–H and O–H groups in total. The first kappa shape index (κ1) is 18.1.